The number of nitrogens with zero attached hydrogens (tertiary/aromatic N) is 1. The van der Waals surface area contributed by atoms with Gasteiger partial charge in [-0.1, -0.05) is 98.9 Å². The fourth-order valence-electron chi connectivity index (χ4n) is 10.2. The van der Waals surface area contributed by atoms with Crippen molar-refractivity contribution in [2.75, 3.05) is 40.3 Å². The normalized spacial score (nSPS) is 44.3. The van der Waals surface area contributed by atoms with E-state index < -0.39 is 178 Å². The molecule has 0 aromatic rings. The van der Waals surface area contributed by atoms with E-state index in [0.29, 0.717) is 13.0 Å². The first kappa shape index (κ1) is 70.8. The molecule has 1 amide bonds. The first-order valence-electron chi connectivity index (χ1n) is 28.4. The van der Waals surface area contributed by atoms with Crippen LogP contribution in [0.2, 0.25) is 0 Å². The molecule has 0 saturated carbocycles. The second kappa shape index (κ2) is 34.5. The van der Waals surface area contributed by atoms with Crippen LogP contribution in [-0.4, -0.2) is 250 Å². The van der Waals surface area contributed by atoms with Gasteiger partial charge in [0, 0.05) is 37.6 Å². The molecule has 0 spiro atoms. The number of rotatable bonds is 10. The van der Waals surface area contributed by atoms with Gasteiger partial charge in [-0.3, -0.25) is 9.59 Å². The van der Waals surface area contributed by atoms with E-state index in [4.69, 9.17) is 23.7 Å². The van der Waals surface area contributed by atoms with Crippen LogP contribution in [-0.2, 0) is 33.3 Å². The highest BCUT2D eigenvalue weighted by molar-refractivity contribution is 5.80. The maximum Gasteiger partial charge on any atom is 0.308 e. The number of cyclic esters (lactones) is 1. The van der Waals surface area contributed by atoms with Crippen LogP contribution >= 0.6 is 0 Å². The third kappa shape index (κ3) is 22.6. The van der Waals surface area contributed by atoms with E-state index in [-0.39, 0.29) is 44.6 Å². The maximum absolute atomic E-state index is 14.0. The van der Waals surface area contributed by atoms with Crippen molar-refractivity contribution < 1.29 is 105 Å². The average molecular weight is 1170 g/mol. The van der Waals surface area contributed by atoms with Crippen LogP contribution in [0.25, 0.3) is 0 Å². The molecule has 2 bridgehead atoms. The molecule has 82 heavy (non-hydrogen) atoms. The largest absolute Gasteiger partial charge is 0.462 e. The van der Waals surface area contributed by atoms with Crippen molar-refractivity contribution in [3.05, 3.63) is 85.1 Å². The summed E-state index contributed by atoms with van der Waals surface area (Å²) in [5.74, 6) is -8.39. The fraction of sp³-hybridized carbons (Fsp3) is 0.724. The Morgan fingerprint density at radius 1 is 0.671 bits per heavy atom. The lowest BCUT2D eigenvalue weighted by Gasteiger charge is -2.47. The topological polar surface area (TPSA) is 391 Å². The van der Waals surface area contributed by atoms with Gasteiger partial charge in [0.1, 0.15) is 30.5 Å². The Bertz CT molecular complexity index is 2130. The lowest BCUT2D eigenvalue weighted by Crippen LogP contribution is -2.69. The number of fused-ring (bicyclic) bond motifs is 2. The highest BCUT2D eigenvalue weighted by Gasteiger charge is 2.53. The van der Waals surface area contributed by atoms with Crippen LogP contribution < -0.4 is 10.6 Å². The molecule has 3 fully saturated rings. The van der Waals surface area contributed by atoms with Crippen LogP contribution in [0.5, 0.6) is 0 Å². The molecule has 0 aromatic carbocycles. The zero-order valence-corrected chi connectivity index (χ0v) is 48.0. The SMILES string of the molecule is C[C@@H]1[C@H](O)[C@@H](C)/C=C/C=C/C=C/C=C/C=C/C=C/C=C/[C@H](O[C@@H]2O[C@H](C)[C@@H](O)[C@H](NCC3(O)OC[C@@H](O)[C@H](O)[C@@H]3O)[C@@H]2O)C[C@@H]2O[C@](O)(C[C@@H](O)[C@H](O)CC[C@@H](O)C[C@@H](O)C[C@@H](O)CC(=O)O[C@H]1C)C[C@H](O)[C@H]2C(=O)NCCCN(C)C. The predicted molar refractivity (Wildman–Crippen MR) is 298 cm³/mol. The molecular formula is C58H95N3O21. The minimum atomic E-state index is -2.46. The third-order valence-corrected chi connectivity index (χ3v) is 15.3. The first-order valence-corrected chi connectivity index (χ1v) is 28.4. The highest BCUT2D eigenvalue weighted by Crippen LogP contribution is 2.38. The number of carbonyl (C=O) groups excluding carboxylic acids is 2. The van der Waals surface area contributed by atoms with Crippen molar-refractivity contribution in [1.29, 1.82) is 0 Å². The van der Waals surface area contributed by atoms with Crippen molar-refractivity contribution in [1.82, 2.24) is 15.5 Å². The van der Waals surface area contributed by atoms with Crippen molar-refractivity contribution in [2.45, 2.75) is 207 Å². The molecule has 4 heterocycles. The summed E-state index contributed by atoms with van der Waals surface area (Å²) in [5, 5.41) is 160. The summed E-state index contributed by atoms with van der Waals surface area (Å²) in [6.07, 6.45) is -2.37. The second-order valence-electron chi connectivity index (χ2n) is 22.7. The monoisotopic (exact) mass is 1170 g/mol. The zero-order valence-electron chi connectivity index (χ0n) is 48.0. The summed E-state index contributed by atoms with van der Waals surface area (Å²) in [7, 11) is 3.73. The Hall–Kier alpha value is -3.68. The molecule has 0 radical (unpaired) electrons. The van der Waals surface area contributed by atoms with Gasteiger partial charge in [-0.05, 0) is 66.6 Å². The molecule has 468 valence electrons. The number of hydrogen-bond donors (Lipinski definition) is 16. The third-order valence-electron chi connectivity index (χ3n) is 15.3. The minimum absolute atomic E-state index is 0.163. The summed E-state index contributed by atoms with van der Waals surface area (Å²) in [5.41, 5.74) is 0. The van der Waals surface area contributed by atoms with Crippen molar-refractivity contribution in [3.63, 3.8) is 0 Å². The maximum atomic E-state index is 14.0. The molecule has 23 atom stereocenters. The van der Waals surface area contributed by atoms with E-state index >= 15 is 0 Å². The van der Waals surface area contributed by atoms with Gasteiger partial charge < -0.3 is 111 Å². The van der Waals surface area contributed by atoms with E-state index in [2.05, 4.69) is 10.6 Å². The van der Waals surface area contributed by atoms with Crippen molar-refractivity contribution in [3.8, 4) is 0 Å². The molecule has 16 N–H and O–H groups in total. The van der Waals surface area contributed by atoms with Crippen LogP contribution in [0.15, 0.2) is 85.1 Å². The Balaban J connectivity index is 1.66. The molecule has 0 aromatic heterocycles. The van der Waals surface area contributed by atoms with Crippen LogP contribution in [0.1, 0.15) is 85.5 Å². The van der Waals surface area contributed by atoms with Gasteiger partial charge >= 0.3 is 5.97 Å². The number of ether oxygens (including phenoxy) is 5. The molecule has 3 saturated heterocycles. The quantitative estimate of drug-likeness (QED) is 0.0841. The molecular weight excluding hydrogens is 1070 g/mol. The number of nitrogens with one attached hydrogen (secondary N) is 2. The molecule has 24 nitrogen and oxygen atoms in total. The van der Waals surface area contributed by atoms with Gasteiger partial charge in [-0.15, -0.1) is 0 Å². The highest BCUT2D eigenvalue weighted by atomic mass is 16.7. The van der Waals surface area contributed by atoms with Gasteiger partial charge in [0.15, 0.2) is 12.1 Å². The number of carbonyl (C=O) groups is 2. The first-order chi connectivity index (χ1) is 38.6. The van der Waals surface area contributed by atoms with Crippen LogP contribution in [0.4, 0.5) is 0 Å². The van der Waals surface area contributed by atoms with Gasteiger partial charge in [0.05, 0.1) is 98.7 Å². The number of allylic oxidation sites excluding steroid dienone is 12. The lowest BCUT2D eigenvalue weighted by atomic mass is 9.82. The molecule has 4 aliphatic heterocycles. The minimum Gasteiger partial charge on any atom is -0.462 e. The number of hydrogen-bond acceptors (Lipinski definition) is 23. The van der Waals surface area contributed by atoms with E-state index in [1.54, 1.807) is 86.8 Å². The Labute approximate surface area is 481 Å². The van der Waals surface area contributed by atoms with Crippen LogP contribution in [0, 0.1) is 17.8 Å². The predicted octanol–water partition coefficient (Wildman–Crippen LogP) is -1.87. The molecule has 4 rings (SSSR count). The molecule has 0 aliphatic carbocycles. The zero-order chi connectivity index (χ0) is 60.9. The number of esters is 1. The van der Waals surface area contributed by atoms with E-state index in [0.717, 1.165) is 0 Å². The Morgan fingerprint density at radius 2 is 1.26 bits per heavy atom. The molecule has 4 aliphatic rings. The van der Waals surface area contributed by atoms with E-state index in [9.17, 15) is 81.1 Å². The average Bonchev–Trinajstić information content (AvgIpc) is 3.48. The summed E-state index contributed by atoms with van der Waals surface area (Å²) >= 11 is 0. The Morgan fingerprint density at radius 3 is 1.88 bits per heavy atom. The summed E-state index contributed by atoms with van der Waals surface area (Å²) in [4.78, 5) is 28.7. The number of aliphatic hydroxyl groups is 14. The van der Waals surface area contributed by atoms with Gasteiger partial charge in [0.2, 0.25) is 11.7 Å². The van der Waals surface area contributed by atoms with E-state index in [1.807, 2.05) is 32.0 Å². The standard InChI is InChI=1S/C58H95N3O21/c1-34-20-17-15-13-11-9-7-8-10-12-14-16-18-21-41(81-56-53(73)49(51(71)37(4)80-56)60-33-58(77)54(74)52(72)45(68)32-78-58)29-46-48(55(75)59-24-19-25-61(5)6)44(67)31-57(76,82-46)30-43(66)42(65)23-22-38(62)26-39(63)27-40(64)28-47(69)79-36(3)35(2)50(34)70/h7-18,20-21,34-46,48-54,56,60,62-68,70-74,76-77H,19,22-33H2,1-6H3,(H,59,75)/b8-7+,11-9+,12-10+,15-13+,16-14+,20-17+,21-18+/t34-,35-,36-,37+,38+,39+,40+,41-,42+,43+,44-,45+,46-,48+,49-,50+,51+,52-,53-,54-,56-,57+,58?/m0/s1. The van der Waals surface area contributed by atoms with Crippen molar-refractivity contribution in [2.24, 2.45) is 17.8 Å². The van der Waals surface area contributed by atoms with E-state index in [1.165, 1.54) is 13.0 Å². The molecule has 24 heteroatoms. The summed E-state index contributed by atoms with van der Waals surface area (Å²) in [6.45, 7) is 6.30. The molecule has 1 unspecified atom stereocenters. The number of aliphatic hydroxyl groups excluding tert-OH is 12. The number of amides is 1. The second-order valence-corrected chi connectivity index (χ2v) is 22.7. The van der Waals surface area contributed by atoms with Crippen molar-refractivity contribution >= 4 is 11.9 Å². The van der Waals surface area contributed by atoms with Gasteiger partial charge in [0.25, 0.3) is 0 Å². The van der Waals surface area contributed by atoms with Gasteiger partial charge in [-0.2, -0.15) is 0 Å². The van der Waals surface area contributed by atoms with Crippen LogP contribution in [0.3, 0.4) is 0 Å². The summed E-state index contributed by atoms with van der Waals surface area (Å²) < 4.78 is 29.4. The smallest absolute Gasteiger partial charge is 0.308 e. The van der Waals surface area contributed by atoms with Gasteiger partial charge in [-0.25, -0.2) is 0 Å². The Kier molecular flexibility index (Phi) is 29.8. The lowest BCUT2D eigenvalue weighted by molar-refractivity contribution is -0.323. The summed E-state index contributed by atoms with van der Waals surface area (Å²) in [6, 6.07) is -1.34. The fourth-order valence-corrected chi connectivity index (χ4v) is 10.2.